The second-order valence-corrected chi connectivity index (χ2v) is 15.8. The highest BCUT2D eigenvalue weighted by molar-refractivity contribution is 6.79. The van der Waals surface area contributed by atoms with Crippen LogP contribution in [0.3, 0.4) is 0 Å². The van der Waals surface area contributed by atoms with Crippen molar-refractivity contribution in [1.82, 2.24) is 0 Å². The van der Waals surface area contributed by atoms with Crippen molar-refractivity contribution in [2.24, 2.45) is 5.92 Å². The van der Waals surface area contributed by atoms with Gasteiger partial charge in [-0.25, -0.2) is 9.59 Å². The predicted octanol–water partition coefficient (Wildman–Crippen LogP) is 4.78. The van der Waals surface area contributed by atoms with Crippen LogP contribution in [-0.2, 0) is 19.1 Å². The molecule has 4 rings (SSSR count). The summed E-state index contributed by atoms with van der Waals surface area (Å²) in [7, 11) is -1.59. The van der Waals surface area contributed by atoms with E-state index in [1.807, 2.05) is 0 Å². The first-order valence-electron chi connectivity index (χ1n) is 9.59. The lowest BCUT2D eigenvalue weighted by molar-refractivity contribution is -0.225. The van der Waals surface area contributed by atoms with Gasteiger partial charge in [0.1, 0.15) is 11.2 Å². The lowest BCUT2D eigenvalue weighted by atomic mass is 9.51. The number of hydrogen-bond donors (Lipinski definition) is 0. The van der Waals surface area contributed by atoms with Gasteiger partial charge >= 0.3 is 11.9 Å². The Hall–Kier alpha value is -1.36. The van der Waals surface area contributed by atoms with Crippen molar-refractivity contribution >= 4 is 20.0 Å². The summed E-state index contributed by atoms with van der Waals surface area (Å²) in [5.41, 5.74) is -0.192. The van der Waals surface area contributed by atoms with Crippen molar-refractivity contribution in [2.75, 3.05) is 0 Å². The summed E-state index contributed by atoms with van der Waals surface area (Å²) in [6, 6.07) is 0. The standard InChI is InChI=1S/C21H32O4Si/c1-14(2)17(22)24-19-8-16-9-20(11-19,25-18(23)15(3)4)13-21(10-16,12-19)26(5,6)7/h16H,1,3,8-13H2,2,4-7H3. The summed E-state index contributed by atoms with van der Waals surface area (Å²) in [6.45, 7) is 18.0. The van der Waals surface area contributed by atoms with Gasteiger partial charge in [0.25, 0.3) is 0 Å². The van der Waals surface area contributed by atoms with Crippen LogP contribution < -0.4 is 0 Å². The first-order valence-corrected chi connectivity index (χ1v) is 13.1. The Morgan fingerprint density at radius 3 is 1.62 bits per heavy atom. The lowest BCUT2D eigenvalue weighted by Gasteiger charge is -2.67. The van der Waals surface area contributed by atoms with E-state index in [9.17, 15) is 9.59 Å². The fraction of sp³-hybridized carbons (Fsp3) is 0.714. The summed E-state index contributed by atoms with van der Waals surface area (Å²) in [6.07, 6.45) is 5.34. The Kier molecular flexibility index (Phi) is 4.34. The zero-order valence-corrected chi connectivity index (χ0v) is 17.9. The largest absolute Gasteiger partial charge is 0.456 e. The minimum absolute atomic E-state index is 0.136. The van der Waals surface area contributed by atoms with E-state index in [-0.39, 0.29) is 17.0 Å². The Balaban J connectivity index is 2.01. The molecule has 0 aromatic heterocycles. The molecule has 0 amide bonds. The molecule has 0 aromatic rings. The predicted molar refractivity (Wildman–Crippen MR) is 105 cm³/mol. The monoisotopic (exact) mass is 376 g/mol. The average molecular weight is 377 g/mol. The molecule has 4 fully saturated rings. The summed E-state index contributed by atoms with van der Waals surface area (Å²) in [5.74, 6) is -0.202. The number of ether oxygens (including phenoxy) is 2. The molecule has 4 saturated carbocycles. The van der Waals surface area contributed by atoms with Crippen molar-refractivity contribution < 1.29 is 19.1 Å². The molecule has 4 nitrogen and oxygen atoms in total. The van der Waals surface area contributed by atoms with E-state index >= 15 is 0 Å². The molecule has 0 aromatic carbocycles. The molecule has 2 atom stereocenters. The average Bonchev–Trinajstić information content (AvgIpc) is 2.43. The molecule has 5 heteroatoms. The molecule has 0 heterocycles. The van der Waals surface area contributed by atoms with E-state index in [4.69, 9.17) is 9.47 Å². The van der Waals surface area contributed by atoms with Crippen LogP contribution in [0.25, 0.3) is 0 Å². The Morgan fingerprint density at radius 1 is 0.846 bits per heavy atom. The van der Waals surface area contributed by atoms with Crippen molar-refractivity contribution in [3.8, 4) is 0 Å². The van der Waals surface area contributed by atoms with E-state index in [0.717, 1.165) is 25.7 Å². The Bertz CT molecular complexity index is 643. The number of hydrogen-bond acceptors (Lipinski definition) is 4. The van der Waals surface area contributed by atoms with Crippen LogP contribution in [0.4, 0.5) is 0 Å². The molecule has 0 radical (unpaired) electrons. The molecule has 0 saturated heterocycles. The molecular formula is C21H32O4Si. The van der Waals surface area contributed by atoms with Crippen LogP contribution in [0, 0.1) is 5.92 Å². The number of carbonyl (C=O) groups is 2. The van der Waals surface area contributed by atoms with E-state index in [1.165, 1.54) is 6.42 Å². The normalized spacial score (nSPS) is 38.0. The van der Waals surface area contributed by atoms with Gasteiger partial charge in [0.05, 0.1) is 8.07 Å². The number of esters is 2. The zero-order valence-electron chi connectivity index (χ0n) is 16.9. The SMILES string of the molecule is C=C(C)C(=O)OC12CC3CC(OC(=O)C(=C)C)(C1)CC([Si](C)(C)C)(C3)C2. The summed E-state index contributed by atoms with van der Waals surface area (Å²) >= 11 is 0. The van der Waals surface area contributed by atoms with E-state index < -0.39 is 19.3 Å². The molecular weight excluding hydrogens is 344 g/mol. The number of rotatable bonds is 5. The molecule has 0 N–H and O–H groups in total. The summed E-state index contributed by atoms with van der Waals surface area (Å²) in [4.78, 5) is 24.8. The van der Waals surface area contributed by atoms with Gasteiger partial charge in [-0.1, -0.05) is 32.8 Å². The highest BCUT2D eigenvalue weighted by atomic mass is 28.3. The summed E-state index contributed by atoms with van der Waals surface area (Å²) in [5, 5.41) is 0.136. The second kappa shape index (κ2) is 5.82. The fourth-order valence-corrected chi connectivity index (χ4v) is 8.50. The van der Waals surface area contributed by atoms with Crippen LogP contribution in [-0.4, -0.2) is 31.2 Å². The highest BCUT2D eigenvalue weighted by Gasteiger charge is 2.69. The molecule has 2 unspecified atom stereocenters. The minimum Gasteiger partial charge on any atom is -0.456 e. The smallest absolute Gasteiger partial charge is 0.333 e. The van der Waals surface area contributed by atoms with Crippen LogP contribution in [0.5, 0.6) is 0 Å². The molecule has 0 spiro atoms. The molecule has 144 valence electrons. The lowest BCUT2D eigenvalue weighted by Crippen LogP contribution is -2.67. The van der Waals surface area contributed by atoms with Crippen LogP contribution in [0.15, 0.2) is 24.3 Å². The van der Waals surface area contributed by atoms with Gasteiger partial charge < -0.3 is 9.47 Å². The van der Waals surface area contributed by atoms with Crippen molar-refractivity contribution in [1.29, 1.82) is 0 Å². The van der Waals surface area contributed by atoms with Crippen LogP contribution in [0.2, 0.25) is 24.7 Å². The summed E-state index contributed by atoms with van der Waals surface area (Å²) < 4.78 is 12.1. The van der Waals surface area contributed by atoms with E-state index in [1.54, 1.807) is 13.8 Å². The van der Waals surface area contributed by atoms with E-state index in [2.05, 4.69) is 32.8 Å². The second-order valence-electron chi connectivity index (χ2n) is 10.2. The molecule has 0 aliphatic heterocycles. The maximum absolute atomic E-state index is 12.4. The molecule has 4 aliphatic rings. The Morgan fingerprint density at radius 2 is 1.27 bits per heavy atom. The van der Waals surface area contributed by atoms with Gasteiger partial charge in [0, 0.05) is 17.6 Å². The number of carbonyl (C=O) groups excluding carboxylic acids is 2. The van der Waals surface area contributed by atoms with Crippen molar-refractivity contribution in [2.45, 2.75) is 88.3 Å². The maximum atomic E-state index is 12.4. The van der Waals surface area contributed by atoms with Gasteiger partial charge in [-0.3, -0.25) is 0 Å². The molecule has 4 bridgehead atoms. The van der Waals surface area contributed by atoms with Gasteiger partial charge in [-0.2, -0.15) is 0 Å². The van der Waals surface area contributed by atoms with Crippen molar-refractivity contribution in [3.05, 3.63) is 24.3 Å². The molecule has 4 aliphatic carbocycles. The third-order valence-electron chi connectivity index (χ3n) is 6.87. The van der Waals surface area contributed by atoms with Crippen LogP contribution >= 0.6 is 0 Å². The van der Waals surface area contributed by atoms with Gasteiger partial charge in [-0.05, 0) is 56.9 Å². The first-order chi connectivity index (χ1) is 11.8. The fourth-order valence-electron chi connectivity index (χ4n) is 5.89. The zero-order chi connectivity index (χ0) is 19.5. The van der Waals surface area contributed by atoms with Crippen molar-refractivity contribution in [3.63, 3.8) is 0 Å². The third kappa shape index (κ3) is 3.08. The van der Waals surface area contributed by atoms with Gasteiger partial charge in [-0.15, -0.1) is 0 Å². The first kappa shape index (κ1) is 19.4. The minimum atomic E-state index is -1.59. The third-order valence-corrected chi connectivity index (χ3v) is 10.6. The van der Waals surface area contributed by atoms with E-state index in [0.29, 0.717) is 23.5 Å². The van der Waals surface area contributed by atoms with Gasteiger partial charge in [0.15, 0.2) is 0 Å². The molecule has 26 heavy (non-hydrogen) atoms. The maximum Gasteiger partial charge on any atom is 0.333 e. The topological polar surface area (TPSA) is 52.6 Å². The van der Waals surface area contributed by atoms with Crippen LogP contribution in [0.1, 0.15) is 52.4 Å². The highest BCUT2D eigenvalue weighted by Crippen LogP contribution is 2.71. The van der Waals surface area contributed by atoms with Gasteiger partial charge in [0.2, 0.25) is 0 Å². The Labute approximate surface area is 158 Å². The quantitative estimate of drug-likeness (QED) is 0.394.